The predicted octanol–water partition coefficient (Wildman–Crippen LogP) is 2.32. The van der Waals surface area contributed by atoms with Crippen molar-refractivity contribution in [3.8, 4) is 0 Å². The number of carbonyl (C=O) groups is 1. The third-order valence-corrected chi connectivity index (χ3v) is 2.40. The zero-order valence-corrected chi connectivity index (χ0v) is 6.52. The van der Waals surface area contributed by atoms with Crippen LogP contribution in [0.4, 0.5) is 0 Å². The van der Waals surface area contributed by atoms with Crippen molar-refractivity contribution in [2.24, 2.45) is 5.41 Å². The summed E-state index contributed by atoms with van der Waals surface area (Å²) in [5.41, 5.74) is -0.0538. The van der Waals surface area contributed by atoms with Crippen molar-refractivity contribution < 1.29 is 4.79 Å². The van der Waals surface area contributed by atoms with Crippen LogP contribution >= 0.6 is 0 Å². The molecule has 1 aliphatic rings. The van der Waals surface area contributed by atoms with E-state index in [1.807, 2.05) is 13.0 Å². The molecule has 0 aliphatic heterocycles. The van der Waals surface area contributed by atoms with Crippen LogP contribution in [0.15, 0.2) is 12.7 Å². The highest BCUT2D eigenvalue weighted by Crippen LogP contribution is 2.37. The van der Waals surface area contributed by atoms with Gasteiger partial charge in [0.25, 0.3) is 0 Å². The molecule has 0 heterocycles. The Hall–Kier alpha value is -0.590. The molecule has 10 heavy (non-hydrogen) atoms. The van der Waals surface area contributed by atoms with E-state index in [1.54, 1.807) is 0 Å². The molecule has 1 fully saturated rings. The van der Waals surface area contributed by atoms with E-state index in [4.69, 9.17) is 0 Å². The standard InChI is InChI=1S/C9H14O/c1-3-6-9(2)7-4-5-8(9)10/h3H,1,4-7H2,2H3/t9-/m1/s1. The summed E-state index contributed by atoms with van der Waals surface area (Å²) in [4.78, 5) is 11.2. The summed E-state index contributed by atoms with van der Waals surface area (Å²) in [6, 6.07) is 0. The van der Waals surface area contributed by atoms with Gasteiger partial charge in [-0.25, -0.2) is 0 Å². The minimum atomic E-state index is -0.0538. The fourth-order valence-corrected chi connectivity index (χ4v) is 1.61. The van der Waals surface area contributed by atoms with Crippen molar-refractivity contribution >= 4 is 5.78 Å². The molecule has 0 aromatic carbocycles. The van der Waals surface area contributed by atoms with Gasteiger partial charge in [0.1, 0.15) is 5.78 Å². The van der Waals surface area contributed by atoms with Gasteiger partial charge in [-0.15, -0.1) is 6.58 Å². The first-order chi connectivity index (χ1) is 4.69. The molecule has 1 saturated carbocycles. The molecule has 0 spiro atoms. The van der Waals surface area contributed by atoms with Gasteiger partial charge >= 0.3 is 0 Å². The molecule has 56 valence electrons. The van der Waals surface area contributed by atoms with Crippen LogP contribution in [-0.4, -0.2) is 5.78 Å². The van der Waals surface area contributed by atoms with Crippen molar-refractivity contribution in [1.82, 2.24) is 0 Å². The van der Waals surface area contributed by atoms with Gasteiger partial charge in [-0.3, -0.25) is 4.79 Å². The average molecular weight is 138 g/mol. The monoisotopic (exact) mass is 138 g/mol. The molecule has 1 rings (SSSR count). The predicted molar refractivity (Wildman–Crippen MR) is 41.8 cm³/mol. The summed E-state index contributed by atoms with van der Waals surface area (Å²) in [6.45, 7) is 5.70. The van der Waals surface area contributed by atoms with E-state index in [1.165, 1.54) is 0 Å². The summed E-state index contributed by atoms with van der Waals surface area (Å²) >= 11 is 0. The van der Waals surface area contributed by atoms with Crippen molar-refractivity contribution in [1.29, 1.82) is 0 Å². The Balaban J connectivity index is 2.65. The van der Waals surface area contributed by atoms with Crippen molar-refractivity contribution in [3.05, 3.63) is 12.7 Å². The molecule has 0 unspecified atom stereocenters. The highest BCUT2D eigenvalue weighted by atomic mass is 16.1. The fourth-order valence-electron chi connectivity index (χ4n) is 1.61. The van der Waals surface area contributed by atoms with Gasteiger partial charge in [-0.1, -0.05) is 13.0 Å². The van der Waals surface area contributed by atoms with E-state index in [0.29, 0.717) is 5.78 Å². The highest BCUT2D eigenvalue weighted by Gasteiger charge is 2.35. The Morgan fingerprint density at radius 2 is 2.50 bits per heavy atom. The lowest BCUT2D eigenvalue weighted by molar-refractivity contribution is -0.124. The van der Waals surface area contributed by atoms with E-state index < -0.39 is 0 Å². The van der Waals surface area contributed by atoms with Crippen molar-refractivity contribution in [3.63, 3.8) is 0 Å². The van der Waals surface area contributed by atoms with Crippen molar-refractivity contribution in [2.45, 2.75) is 32.6 Å². The van der Waals surface area contributed by atoms with Gasteiger partial charge in [0, 0.05) is 11.8 Å². The molecular weight excluding hydrogens is 124 g/mol. The van der Waals surface area contributed by atoms with Crippen LogP contribution in [0.25, 0.3) is 0 Å². The normalized spacial score (nSPS) is 32.7. The molecular formula is C9H14O. The maximum absolute atomic E-state index is 11.2. The number of carbonyl (C=O) groups excluding carboxylic acids is 1. The third-order valence-electron chi connectivity index (χ3n) is 2.40. The van der Waals surface area contributed by atoms with Crippen LogP contribution in [0.3, 0.4) is 0 Å². The maximum Gasteiger partial charge on any atom is 0.139 e. The number of allylic oxidation sites excluding steroid dienone is 1. The number of hydrogen-bond acceptors (Lipinski definition) is 1. The van der Waals surface area contributed by atoms with Crippen LogP contribution in [-0.2, 0) is 4.79 Å². The van der Waals surface area contributed by atoms with E-state index in [0.717, 1.165) is 25.7 Å². The van der Waals surface area contributed by atoms with Gasteiger partial charge in [-0.2, -0.15) is 0 Å². The highest BCUT2D eigenvalue weighted by molar-refractivity contribution is 5.86. The smallest absolute Gasteiger partial charge is 0.139 e. The van der Waals surface area contributed by atoms with Crippen LogP contribution in [0.1, 0.15) is 32.6 Å². The average Bonchev–Trinajstić information content (AvgIpc) is 2.15. The number of hydrogen-bond donors (Lipinski definition) is 0. The number of rotatable bonds is 2. The van der Waals surface area contributed by atoms with Crippen LogP contribution in [0.5, 0.6) is 0 Å². The minimum Gasteiger partial charge on any atom is -0.299 e. The second-order valence-corrected chi connectivity index (χ2v) is 3.33. The second-order valence-electron chi connectivity index (χ2n) is 3.33. The van der Waals surface area contributed by atoms with Gasteiger partial charge in [0.05, 0.1) is 0 Å². The minimum absolute atomic E-state index is 0.0538. The van der Waals surface area contributed by atoms with Gasteiger partial charge < -0.3 is 0 Å². The van der Waals surface area contributed by atoms with E-state index in [9.17, 15) is 4.79 Å². The van der Waals surface area contributed by atoms with Crippen LogP contribution < -0.4 is 0 Å². The Morgan fingerprint density at radius 3 is 2.90 bits per heavy atom. The first-order valence-electron chi connectivity index (χ1n) is 3.83. The Kier molecular flexibility index (Phi) is 1.93. The SMILES string of the molecule is C=CC[C@]1(C)CCCC1=O. The van der Waals surface area contributed by atoms with Crippen molar-refractivity contribution in [2.75, 3.05) is 0 Å². The molecule has 0 amide bonds. The second kappa shape index (κ2) is 2.57. The van der Waals surface area contributed by atoms with Gasteiger partial charge in [-0.05, 0) is 19.3 Å². The quantitative estimate of drug-likeness (QED) is 0.535. The number of ketones is 1. The Morgan fingerprint density at radius 1 is 1.80 bits per heavy atom. The van der Waals surface area contributed by atoms with Crippen LogP contribution in [0, 0.1) is 5.41 Å². The molecule has 1 atom stereocenters. The molecule has 0 bridgehead atoms. The molecule has 1 heteroatoms. The Labute approximate surface area is 62.1 Å². The first kappa shape index (κ1) is 7.52. The topological polar surface area (TPSA) is 17.1 Å². The zero-order valence-electron chi connectivity index (χ0n) is 6.52. The fraction of sp³-hybridized carbons (Fsp3) is 0.667. The molecule has 0 radical (unpaired) electrons. The molecule has 1 nitrogen and oxygen atoms in total. The molecule has 0 N–H and O–H groups in total. The lowest BCUT2D eigenvalue weighted by atomic mass is 9.84. The Bertz CT molecular complexity index is 160. The van der Waals surface area contributed by atoms with Crippen LogP contribution in [0.2, 0.25) is 0 Å². The molecule has 0 aromatic heterocycles. The zero-order chi connectivity index (χ0) is 7.61. The largest absolute Gasteiger partial charge is 0.299 e. The van der Waals surface area contributed by atoms with E-state index in [2.05, 4.69) is 6.58 Å². The summed E-state index contributed by atoms with van der Waals surface area (Å²) in [5, 5.41) is 0. The van der Waals surface area contributed by atoms with E-state index >= 15 is 0 Å². The van der Waals surface area contributed by atoms with Gasteiger partial charge in [0.2, 0.25) is 0 Å². The first-order valence-corrected chi connectivity index (χ1v) is 3.83. The maximum atomic E-state index is 11.2. The summed E-state index contributed by atoms with van der Waals surface area (Å²) in [7, 11) is 0. The lowest BCUT2D eigenvalue weighted by Gasteiger charge is -2.18. The van der Waals surface area contributed by atoms with E-state index in [-0.39, 0.29) is 5.41 Å². The summed E-state index contributed by atoms with van der Waals surface area (Å²) in [6.07, 6.45) is 5.61. The summed E-state index contributed by atoms with van der Waals surface area (Å²) < 4.78 is 0. The van der Waals surface area contributed by atoms with Gasteiger partial charge in [0.15, 0.2) is 0 Å². The lowest BCUT2D eigenvalue weighted by Crippen LogP contribution is -2.20. The summed E-state index contributed by atoms with van der Waals surface area (Å²) in [5.74, 6) is 0.424. The molecule has 0 aromatic rings. The molecule has 1 aliphatic carbocycles. The third kappa shape index (κ3) is 1.13. The number of Topliss-reactive ketones (excluding diaryl/α,β-unsaturated/α-hetero) is 1. The molecule has 0 saturated heterocycles.